The molecule has 0 aliphatic rings. The Morgan fingerprint density at radius 1 is 1.08 bits per heavy atom. The minimum Gasteiger partial charge on any atom is -0.324 e. The van der Waals surface area contributed by atoms with Gasteiger partial charge in [-0.25, -0.2) is 0 Å². The van der Waals surface area contributed by atoms with Crippen LogP contribution in [0.2, 0.25) is 0 Å². The molecule has 25 heavy (non-hydrogen) atoms. The molecule has 1 aromatic heterocycles. The van der Waals surface area contributed by atoms with Crippen LogP contribution in [0.4, 0.5) is 11.4 Å². The third-order valence-electron chi connectivity index (χ3n) is 3.50. The van der Waals surface area contributed by atoms with E-state index in [2.05, 4.69) is 17.2 Å². The van der Waals surface area contributed by atoms with Crippen molar-refractivity contribution in [3.05, 3.63) is 71.2 Å². The van der Waals surface area contributed by atoms with Gasteiger partial charge in [0.1, 0.15) is 0 Å². The summed E-state index contributed by atoms with van der Waals surface area (Å²) < 4.78 is 1.58. The first kappa shape index (κ1) is 18.2. The molecule has 0 saturated carbocycles. The van der Waals surface area contributed by atoms with E-state index in [4.69, 9.17) is 0 Å². The second kappa shape index (κ2) is 8.63. The molecule has 0 atom stereocenters. The maximum atomic E-state index is 12.2. The molecule has 130 valence electrons. The van der Waals surface area contributed by atoms with Crippen molar-refractivity contribution < 1.29 is 9.59 Å². The number of hydrogen-bond donors (Lipinski definition) is 2. The highest BCUT2D eigenvalue weighted by molar-refractivity contribution is 5.99. The Hall–Kier alpha value is -3.15. The van der Waals surface area contributed by atoms with Gasteiger partial charge in [0.25, 0.3) is 5.56 Å². The van der Waals surface area contributed by atoms with Gasteiger partial charge < -0.3 is 15.2 Å². The minimum atomic E-state index is -0.285. The van der Waals surface area contributed by atoms with Gasteiger partial charge in [0.2, 0.25) is 11.8 Å². The third-order valence-corrected chi connectivity index (χ3v) is 3.50. The molecule has 0 aliphatic carbocycles. The predicted molar refractivity (Wildman–Crippen MR) is 98.6 cm³/mol. The number of aryl methyl sites for hydroxylation is 1. The molecule has 1 aromatic carbocycles. The van der Waals surface area contributed by atoms with Crippen molar-refractivity contribution in [3.63, 3.8) is 0 Å². The van der Waals surface area contributed by atoms with Gasteiger partial charge >= 0.3 is 0 Å². The highest BCUT2D eigenvalue weighted by Crippen LogP contribution is 2.11. The zero-order valence-corrected chi connectivity index (χ0v) is 14.1. The quantitative estimate of drug-likeness (QED) is 0.761. The van der Waals surface area contributed by atoms with Crippen molar-refractivity contribution in [2.45, 2.75) is 26.3 Å². The zero-order valence-electron chi connectivity index (χ0n) is 14.1. The molecule has 0 bridgehead atoms. The Morgan fingerprint density at radius 3 is 2.40 bits per heavy atom. The first-order valence-corrected chi connectivity index (χ1v) is 8.04. The van der Waals surface area contributed by atoms with Crippen molar-refractivity contribution in [1.29, 1.82) is 0 Å². The van der Waals surface area contributed by atoms with Gasteiger partial charge in [0, 0.05) is 24.5 Å². The molecule has 2 N–H and O–H groups in total. The van der Waals surface area contributed by atoms with Crippen molar-refractivity contribution in [3.8, 4) is 0 Å². The minimum absolute atomic E-state index is 0.0861. The lowest BCUT2D eigenvalue weighted by Crippen LogP contribution is -2.21. The number of carbonyl (C=O) groups is 2. The normalized spacial score (nSPS) is 10.1. The van der Waals surface area contributed by atoms with Crippen LogP contribution in [0.15, 0.2) is 60.0 Å². The van der Waals surface area contributed by atoms with E-state index in [1.165, 1.54) is 12.1 Å². The fourth-order valence-electron chi connectivity index (χ4n) is 2.31. The molecule has 2 aromatic rings. The number of hydrogen-bond acceptors (Lipinski definition) is 3. The van der Waals surface area contributed by atoms with E-state index in [0.29, 0.717) is 17.9 Å². The fourth-order valence-corrected chi connectivity index (χ4v) is 2.31. The first-order chi connectivity index (χ1) is 12.0. The molecule has 0 radical (unpaired) electrons. The monoisotopic (exact) mass is 339 g/mol. The van der Waals surface area contributed by atoms with Crippen LogP contribution in [0.5, 0.6) is 0 Å². The van der Waals surface area contributed by atoms with Crippen molar-refractivity contribution in [1.82, 2.24) is 4.57 Å². The second-order valence-electron chi connectivity index (χ2n) is 5.56. The summed E-state index contributed by atoms with van der Waals surface area (Å²) in [7, 11) is 0. The number of anilines is 2. The van der Waals surface area contributed by atoms with E-state index in [9.17, 15) is 14.4 Å². The van der Waals surface area contributed by atoms with Crippen molar-refractivity contribution >= 4 is 23.2 Å². The predicted octanol–water partition coefficient (Wildman–Crippen LogP) is 2.56. The van der Waals surface area contributed by atoms with Crippen LogP contribution in [-0.2, 0) is 22.6 Å². The molecule has 0 spiro atoms. The Balaban J connectivity index is 1.98. The van der Waals surface area contributed by atoms with E-state index in [1.807, 2.05) is 6.92 Å². The van der Waals surface area contributed by atoms with Crippen LogP contribution in [0, 0.1) is 0 Å². The fraction of sp³-hybridized carbons (Fsp3) is 0.211. The number of amides is 2. The molecule has 2 amide bonds. The van der Waals surface area contributed by atoms with Gasteiger partial charge in [-0.15, -0.1) is 0 Å². The summed E-state index contributed by atoms with van der Waals surface area (Å²) in [5, 5.41) is 5.44. The van der Waals surface area contributed by atoms with Crippen LogP contribution < -0.4 is 16.2 Å². The standard InChI is InChI=1S/C19H21N3O3/c1-3-11-22-13-16(9-10-19(22)25)21-18(24)12-14-5-7-15(8-6-14)20-17(23)4-2/h4-10,13H,2-3,11-12H2,1H3,(H,20,23)(H,21,24). The van der Waals surface area contributed by atoms with E-state index in [1.54, 1.807) is 41.1 Å². The molecule has 6 heteroatoms. The molecule has 2 rings (SSSR count). The van der Waals surface area contributed by atoms with Crippen LogP contribution in [0.1, 0.15) is 18.9 Å². The highest BCUT2D eigenvalue weighted by atomic mass is 16.2. The molecule has 0 saturated heterocycles. The van der Waals surface area contributed by atoms with Gasteiger partial charge in [-0.1, -0.05) is 25.6 Å². The number of benzene rings is 1. The topological polar surface area (TPSA) is 80.2 Å². The SMILES string of the molecule is C=CC(=O)Nc1ccc(CC(=O)Nc2ccc(=O)n(CCC)c2)cc1. The van der Waals surface area contributed by atoms with Crippen LogP contribution in [0.3, 0.4) is 0 Å². The lowest BCUT2D eigenvalue weighted by atomic mass is 10.1. The maximum absolute atomic E-state index is 12.2. The smallest absolute Gasteiger partial charge is 0.250 e. The third kappa shape index (κ3) is 5.46. The average Bonchev–Trinajstić information content (AvgIpc) is 2.59. The molecule has 6 nitrogen and oxygen atoms in total. The van der Waals surface area contributed by atoms with E-state index >= 15 is 0 Å². The molecule has 1 heterocycles. The van der Waals surface area contributed by atoms with Gasteiger partial charge in [-0.05, 0) is 36.3 Å². The summed E-state index contributed by atoms with van der Waals surface area (Å²) >= 11 is 0. The summed E-state index contributed by atoms with van der Waals surface area (Å²) in [5.41, 5.74) is 1.96. The Bertz CT molecular complexity index is 823. The van der Waals surface area contributed by atoms with Crippen LogP contribution in [-0.4, -0.2) is 16.4 Å². The molecular formula is C19H21N3O3. The van der Waals surface area contributed by atoms with Crippen molar-refractivity contribution in [2.75, 3.05) is 10.6 Å². The van der Waals surface area contributed by atoms with Gasteiger partial charge in [-0.2, -0.15) is 0 Å². The molecule has 0 unspecified atom stereocenters. The summed E-state index contributed by atoms with van der Waals surface area (Å²) in [6.45, 7) is 5.99. The van der Waals surface area contributed by atoms with Crippen LogP contribution >= 0.6 is 0 Å². The summed E-state index contributed by atoms with van der Waals surface area (Å²) in [4.78, 5) is 35.1. The van der Waals surface area contributed by atoms with Crippen molar-refractivity contribution in [2.24, 2.45) is 0 Å². The van der Waals surface area contributed by atoms with Crippen LogP contribution in [0.25, 0.3) is 0 Å². The number of rotatable bonds is 7. The zero-order chi connectivity index (χ0) is 18.2. The number of nitrogens with zero attached hydrogens (tertiary/aromatic N) is 1. The molecule has 0 fully saturated rings. The number of carbonyl (C=O) groups excluding carboxylic acids is 2. The number of pyridine rings is 1. The summed E-state index contributed by atoms with van der Waals surface area (Å²) in [5.74, 6) is -0.461. The summed E-state index contributed by atoms with van der Waals surface area (Å²) in [6, 6.07) is 10.0. The number of aromatic nitrogens is 1. The Morgan fingerprint density at radius 2 is 1.76 bits per heavy atom. The molecule has 0 aliphatic heterocycles. The summed E-state index contributed by atoms with van der Waals surface area (Å²) in [6.07, 6.45) is 3.88. The Labute approximate surface area is 146 Å². The highest BCUT2D eigenvalue weighted by Gasteiger charge is 2.06. The second-order valence-corrected chi connectivity index (χ2v) is 5.56. The first-order valence-electron chi connectivity index (χ1n) is 8.04. The van der Waals surface area contributed by atoms with E-state index < -0.39 is 0 Å². The van der Waals surface area contributed by atoms with Gasteiger partial charge in [0.15, 0.2) is 0 Å². The van der Waals surface area contributed by atoms with Gasteiger partial charge in [-0.3, -0.25) is 14.4 Å². The average molecular weight is 339 g/mol. The lowest BCUT2D eigenvalue weighted by molar-refractivity contribution is -0.115. The largest absolute Gasteiger partial charge is 0.324 e. The number of nitrogens with one attached hydrogen (secondary N) is 2. The Kier molecular flexibility index (Phi) is 6.28. The maximum Gasteiger partial charge on any atom is 0.250 e. The van der Waals surface area contributed by atoms with E-state index in [-0.39, 0.29) is 23.8 Å². The van der Waals surface area contributed by atoms with E-state index in [0.717, 1.165) is 12.0 Å². The lowest BCUT2D eigenvalue weighted by Gasteiger charge is -2.09. The van der Waals surface area contributed by atoms with Gasteiger partial charge in [0.05, 0.1) is 12.1 Å². The molecular weight excluding hydrogens is 318 g/mol.